The quantitative estimate of drug-likeness (QED) is 0.799. The van der Waals surface area contributed by atoms with Gasteiger partial charge in [0, 0.05) is 27.3 Å². The molecule has 0 bridgehead atoms. The number of carbonyl (C=O) groups excluding carboxylic acids is 1. The van der Waals surface area contributed by atoms with Crippen molar-refractivity contribution in [1.29, 1.82) is 0 Å². The van der Waals surface area contributed by atoms with Gasteiger partial charge in [-0.15, -0.1) is 0 Å². The topological polar surface area (TPSA) is 55.8 Å². The number of fused-ring (bicyclic) bond motifs is 1. The van der Waals surface area contributed by atoms with Crippen molar-refractivity contribution in [2.24, 2.45) is 0 Å². The number of carbonyl (C=O) groups is 1. The van der Waals surface area contributed by atoms with E-state index in [0.717, 1.165) is 11.1 Å². The first-order valence-corrected chi connectivity index (χ1v) is 7.42. The first-order chi connectivity index (χ1) is 9.03. The van der Waals surface area contributed by atoms with Crippen LogP contribution in [0.5, 0.6) is 0 Å². The molecule has 19 heavy (non-hydrogen) atoms. The van der Waals surface area contributed by atoms with E-state index >= 15 is 0 Å². The lowest BCUT2D eigenvalue weighted by atomic mass is 10.0. The van der Waals surface area contributed by atoms with E-state index in [2.05, 4.69) is 0 Å². The second kappa shape index (κ2) is 5.29. The van der Waals surface area contributed by atoms with Crippen LogP contribution in [0.4, 0.5) is 0 Å². The van der Waals surface area contributed by atoms with Crippen LogP contribution in [0.15, 0.2) is 30.5 Å². The molecule has 1 amide bonds. The SMILES string of the molecule is COP(=O)(OC)C1c2ccccc2C=CN1C(C)=O. The number of rotatable bonds is 3. The lowest BCUT2D eigenvalue weighted by Gasteiger charge is -2.35. The zero-order valence-electron chi connectivity index (χ0n) is 11.1. The summed E-state index contributed by atoms with van der Waals surface area (Å²) in [5, 5.41) is 0. The van der Waals surface area contributed by atoms with Gasteiger partial charge in [0.25, 0.3) is 0 Å². The van der Waals surface area contributed by atoms with Crippen LogP contribution in [-0.4, -0.2) is 25.0 Å². The molecular formula is C13H16NO4P. The third-order valence-electron chi connectivity index (χ3n) is 3.12. The van der Waals surface area contributed by atoms with Gasteiger partial charge in [0.15, 0.2) is 5.78 Å². The Morgan fingerprint density at radius 2 is 1.89 bits per heavy atom. The molecule has 0 spiro atoms. The van der Waals surface area contributed by atoms with E-state index in [9.17, 15) is 9.36 Å². The largest absolute Gasteiger partial charge is 0.357 e. The Morgan fingerprint density at radius 3 is 2.47 bits per heavy atom. The Hall–Kier alpha value is -1.42. The van der Waals surface area contributed by atoms with E-state index in [4.69, 9.17) is 9.05 Å². The summed E-state index contributed by atoms with van der Waals surface area (Å²) in [4.78, 5) is 13.1. The number of benzene rings is 1. The summed E-state index contributed by atoms with van der Waals surface area (Å²) in [6, 6.07) is 7.43. The van der Waals surface area contributed by atoms with Gasteiger partial charge in [-0.05, 0) is 17.2 Å². The molecule has 0 saturated carbocycles. The standard InChI is InChI=1S/C13H16NO4P/c1-10(15)14-9-8-11-6-4-5-7-12(11)13(14)19(16,17-2)18-3/h4-9,13H,1-3H3. The second-order valence-electron chi connectivity index (χ2n) is 4.15. The van der Waals surface area contributed by atoms with Crippen LogP contribution in [-0.2, 0) is 18.4 Å². The Kier molecular flexibility index (Phi) is 3.90. The maximum absolute atomic E-state index is 12.7. The number of hydrogen-bond donors (Lipinski definition) is 0. The van der Waals surface area contributed by atoms with Crippen LogP contribution in [0.1, 0.15) is 23.8 Å². The molecule has 0 aromatic heterocycles. The van der Waals surface area contributed by atoms with Crippen molar-refractivity contribution >= 4 is 19.6 Å². The molecule has 102 valence electrons. The molecule has 0 N–H and O–H groups in total. The van der Waals surface area contributed by atoms with Crippen molar-refractivity contribution in [3.05, 3.63) is 41.6 Å². The minimum Gasteiger partial charge on any atom is -0.310 e. The van der Waals surface area contributed by atoms with Crippen molar-refractivity contribution < 1.29 is 18.4 Å². The number of hydrogen-bond acceptors (Lipinski definition) is 4. The molecular weight excluding hydrogens is 265 g/mol. The number of amides is 1. The van der Waals surface area contributed by atoms with Gasteiger partial charge in [0.05, 0.1) is 0 Å². The minimum atomic E-state index is -3.45. The summed E-state index contributed by atoms with van der Waals surface area (Å²) in [6.45, 7) is 1.42. The molecule has 0 aliphatic carbocycles. The first-order valence-electron chi connectivity index (χ1n) is 5.80. The Morgan fingerprint density at radius 1 is 1.26 bits per heavy atom. The fourth-order valence-corrected chi connectivity index (χ4v) is 3.83. The highest BCUT2D eigenvalue weighted by Gasteiger charge is 2.42. The predicted molar refractivity (Wildman–Crippen MR) is 72.4 cm³/mol. The van der Waals surface area contributed by atoms with Crippen molar-refractivity contribution in [2.45, 2.75) is 12.7 Å². The summed E-state index contributed by atoms with van der Waals surface area (Å²) in [6.07, 6.45) is 3.42. The normalized spacial score (nSPS) is 18.3. The van der Waals surface area contributed by atoms with Gasteiger partial charge in [0.1, 0.15) is 0 Å². The van der Waals surface area contributed by atoms with E-state index in [-0.39, 0.29) is 5.91 Å². The van der Waals surface area contributed by atoms with E-state index in [1.54, 1.807) is 6.20 Å². The highest BCUT2D eigenvalue weighted by Crippen LogP contribution is 2.62. The lowest BCUT2D eigenvalue weighted by molar-refractivity contribution is -0.127. The van der Waals surface area contributed by atoms with Gasteiger partial charge < -0.3 is 9.05 Å². The van der Waals surface area contributed by atoms with Crippen LogP contribution >= 0.6 is 7.60 Å². The molecule has 6 heteroatoms. The Labute approximate surface area is 112 Å². The molecule has 0 fully saturated rings. The average Bonchev–Trinajstić information content (AvgIpc) is 2.45. The van der Waals surface area contributed by atoms with Crippen molar-refractivity contribution in [1.82, 2.24) is 4.90 Å². The van der Waals surface area contributed by atoms with E-state index in [0.29, 0.717) is 0 Å². The Balaban J connectivity index is 2.60. The monoisotopic (exact) mass is 281 g/mol. The minimum absolute atomic E-state index is 0.218. The summed E-state index contributed by atoms with van der Waals surface area (Å²) < 4.78 is 22.8. The first kappa shape index (κ1) is 14.0. The van der Waals surface area contributed by atoms with Gasteiger partial charge in [0.2, 0.25) is 5.91 Å². The van der Waals surface area contributed by atoms with Crippen LogP contribution in [0.25, 0.3) is 6.08 Å². The average molecular weight is 281 g/mol. The fourth-order valence-electron chi connectivity index (χ4n) is 2.16. The molecule has 1 aliphatic heterocycles. The van der Waals surface area contributed by atoms with Gasteiger partial charge >= 0.3 is 7.60 Å². The molecule has 1 aromatic rings. The van der Waals surface area contributed by atoms with Crippen molar-refractivity contribution in [2.75, 3.05) is 14.2 Å². The zero-order valence-corrected chi connectivity index (χ0v) is 12.0. The molecule has 5 nitrogen and oxygen atoms in total. The summed E-state index contributed by atoms with van der Waals surface area (Å²) in [5.74, 6) is -0.966. The fraction of sp³-hybridized carbons (Fsp3) is 0.308. The Bertz CT molecular complexity index is 562. The van der Waals surface area contributed by atoms with Crippen LogP contribution in [0.2, 0.25) is 0 Å². The molecule has 1 atom stereocenters. The van der Waals surface area contributed by atoms with Gasteiger partial charge in [-0.1, -0.05) is 24.3 Å². The molecule has 1 heterocycles. The van der Waals surface area contributed by atoms with Crippen molar-refractivity contribution in [3.8, 4) is 0 Å². The molecule has 0 saturated heterocycles. The van der Waals surface area contributed by atoms with Gasteiger partial charge in [-0.3, -0.25) is 14.3 Å². The van der Waals surface area contributed by atoms with E-state index in [1.807, 2.05) is 30.3 Å². The highest BCUT2D eigenvalue weighted by atomic mass is 31.2. The molecule has 0 radical (unpaired) electrons. The number of nitrogens with zero attached hydrogens (tertiary/aromatic N) is 1. The lowest BCUT2D eigenvalue weighted by Crippen LogP contribution is -2.31. The molecule has 2 rings (SSSR count). The third-order valence-corrected chi connectivity index (χ3v) is 5.27. The van der Waals surface area contributed by atoms with Gasteiger partial charge in [-0.2, -0.15) is 0 Å². The maximum atomic E-state index is 12.7. The summed E-state index contributed by atoms with van der Waals surface area (Å²) >= 11 is 0. The highest BCUT2D eigenvalue weighted by molar-refractivity contribution is 7.54. The van der Waals surface area contributed by atoms with Crippen molar-refractivity contribution in [3.63, 3.8) is 0 Å². The maximum Gasteiger partial charge on any atom is 0.357 e. The molecule has 1 aliphatic rings. The zero-order chi connectivity index (χ0) is 14.0. The smallest absolute Gasteiger partial charge is 0.310 e. The molecule has 1 aromatic carbocycles. The predicted octanol–water partition coefficient (Wildman–Crippen LogP) is 3.00. The van der Waals surface area contributed by atoms with Gasteiger partial charge in [-0.25, -0.2) is 0 Å². The summed E-state index contributed by atoms with van der Waals surface area (Å²) in [7, 11) is -0.799. The second-order valence-corrected chi connectivity index (χ2v) is 6.45. The molecule has 1 unspecified atom stereocenters. The van der Waals surface area contributed by atoms with Crippen LogP contribution < -0.4 is 0 Å². The van der Waals surface area contributed by atoms with Crippen LogP contribution in [0.3, 0.4) is 0 Å². The summed E-state index contributed by atoms with van der Waals surface area (Å²) in [5.41, 5.74) is 1.66. The third kappa shape index (κ3) is 2.37. The van der Waals surface area contributed by atoms with E-state index < -0.39 is 13.4 Å². The van der Waals surface area contributed by atoms with E-state index in [1.165, 1.54) is 26.0 Å². The van der Waals surface area contributed by atoms with Crippen LogP contribution in [0, 0.1) is 0 Å².